The quantitative estimate of drug-likeness (QED) is 0.153. The molecule has 0 aromatic heterocycles. The maximum absolute atomic E-state index is 11.9. The van der Waals surface area contributed by atoms with Crippen molar-refractivity contribution in [1.82, 2.24) is 0 Å². The summed E-state index contributed by atoms with van der Waals surface area (Å²) in [6.07, 6.45) is -4.84. The molecule has 0 aliphatic carbocycles. The zero-order chi connectivity index (χ0) is 26.5. The molecule has 0 unspecified atom stereocenters. The van der Waals surface area contributed by atoms with Gasteiger partial charge in [0.1, 0.15) is 0 Å². The van der Waals surface area contributed by atoms with Crippen molar-refractivity contribution in [3.05, 3.63) is 18.2 Å². The van der Waals surface area contributed by atoms with E-state index in [9.17, 15) is 27.6 Å². The van der Waals surface area contributed by atoms with Crippen molar-refractivity contribution in [2.45, 2.75) is 62.0 Å². The van der Waals surface area contributed by atoms with E-state index in [1.165, 1.54) is 25.1 Å². The first kappa shape index (κ1) is 28.5. The van der Waals surface area contributed by atoms with E-state index in [-0.39, 0.29) is 17.2 Å². The summed E-state index contributed by atoms with van der Waals surface area (Å²) >= 11 is -0.723. The van der Waals surface area contributed by atoms with Gasteiger partial charge in [-0.05, 0) is 0 Å². The summed E-state index contributed by atoms with van der Waals surface area (Å²) in [7, 11) is -4.05. The molecule has 4 N–H and O–H groups in total. The number of nitrogens with two attached hydrogens (primary N) is 2. The number of carbonyl (C=O) groups excluding carboxylic acids is 4. The van der Waals surface area contributed by atoms with E-state index >= 15 is 0 Å². The monoisotopic (exact) mass is 582 g/mol. The van der Waals surface area contributed by atoms with Gasteiger partial charge in [0.15, 0.2) is 0 Å². The number of nitrogen functional groups attached to an aromatic ring is 1. The first-order chi connectivity index (χ1) is 16.2. The number of benzene rings is 1. The Hall–Kier alpha value is -2.71. The Balaban J connectivity index is 2.50. The van der Waals surface area contributed by atoms with Crippen molar-refractivity contribution >= 4 is 59.0 Å². The molecule has 1 saturated heterocycles. The Labute approximate surface area is 207 Å². The zero-order valence-corrected chi connectivity index (χ0v) is 21.8. The molecule has 2 rings (SSSR count). The van der Waals surface area contributed by atoms with Crippen molar-refractivity contribution in [2.75, 3.05) is 12.3 Å². The summed E-state index contributed by atoms with van der Waals surface area (Å²) in [5, 5.41) is 4.21. The molecule has 194 valence electrons. The van der Waals surface area contributed by atoms with Gasteiger partial charge in [-0.3, -0.25) is 0 Å². The Morgan fingerprint density at radius 3 is 1.94 bits per heavy atom. The summed E-state index contributed by atoms with van der Waals surface area (Å²) in [6.45, 7) is 4.21. The van der Waals surface area contributed by atoms with Crippen LogP contribution >= 0.6 is 0 Å². The molecule has 5 atom stereocenters. The maximum atomic E-state index is 11.9. The number of ether oxygens (including phenoxy) is 5. The van der Waals surface area contributed by atoms with Crippen LogP contribution in [0.15, 0.2) is 23.1 Å². The molecule has 1 heterocycles. The first-order valence-electron chi connectivity index (χ1n) is 10.1. The fraction of sp³-hybridized carbons (Fsp3) is 0.500. The van der Waals surface area contributed by atoms with Crippen molar-refractivity contribution in [2.24, 2.45) is 5.14 Å². The fourth-order valence-corrected chi connectivity index (χ4v) is 6.34. The fourth-order valence-electron chi connectivity index (χ4n) is 3.28. The van der Waals surface area contributed by atoms with Crippen LogP contribution in [0, 0.1) is 0 Å². The molecule has 1 aliphatic heterocycles. The van der Waals surface area contributed by atoms with Crippen LogP contribution in [-0.2, 0) is 52.9 Å². The Morgan fingerprint density at radius 2 is 1.46 bits per heavy atom. The molecular formula is C20H26N2O11SSe. The number of sulfonamides is 1. The number of primary sulfonamides is 1. The average Bonchev–Trinajstić information content (AvgIpc) is 2.69. The topological polar surface area (TPSA) is 201 Å². The van der Waals surface area contributed by atoms with Gasteiger partial charge in [-0.15, -0.1) is 0 Å². The molecule has 1 fully saturated rings. The normalized spacial score (nSPS) is 24.2. The second-order valence-corrected chi connectivity index (χ2v) is 11.4. The number of rotatable bonds is 8. The number of esters is 4. The van der Waals surface area contributed by atoms with Crippen LogP contribution in [0.5, 0.6) is 0 Å². The van der Waals surface area contributed by atoms with Gasteiger partial charge in [0.25, 0.3) is 0 Å². The Morgan fingerprint density at radius 1 is 0.914 bits per heavy atom. The molecule has 1 aromatic rings. The molecule has 0 radical (unpaired) electrons. The zero-order valence-electron chi connectivity index (χ0n) is 19.3. The summed E-state index contributed by atoms with van der Waals surface area (Å²) < 4.78 is 51.0. The van der Waals surface area contributed by atoms with Crippen LogP contribution in [0.2, 0.25) is 0 Å². The molecule has 0 bridgehead atoms. The molecule has 15 heteroatoms. The van der Waals surface area contributed by atoms with Gasteiger partial charge in [-0.1, -0.05) is 0 Å². The van der Waals surface area contributed by atoms with E-state index < -0.39 is 78.3 Å². The summed E-state index contributed by atoms with van der Waals surface area (Å²) in [6, 6.07) is 4.07. The van der Waals surface area contributed by atoms with Crippen LogP contribution in [-0.4, -0.2) is 83.3 Å². The van der Waals surface area contributed by atoms with E-state index in [2.05, 4.69) is 0 Å². The van der Waals surface area contributed by atoms with Crippen LogP contribution in [0.4, 0.5) is 5.69 Å². The van der Waals surface area contributed by atoms with Crippen LogP contribution < -0.4 is 15.3 Å². The summed E-state index contributed by atoms with van der Waals surface area (Å²) in [5.41, 5.74) is 5.75. The Kier molecular flexibility index (Phi) is 9.63. The van der Waals surface area contributed by atoms with Gasteiger partial charge in [0.05, 0.1) is 0 Å². The molecule has 0 saturated carbocycles. The second kappa shape index (κ2) is 11.8. The van der Waals surface area contributed by atoms with E-state index in [0.717, 1.165) is 20.8 Å². The van der Waals surface area contributed by atoms with E-state index in [0.29, 0.717) is 4.46 Å². The predicted octanol–water partition coefficient (Wildman–Crippen LogP) is -1.67. The SMILES string of the molecule is CC(=O)OC[C@H]1O[C@@H]([Se]c2ccc(S(N)(=O)=O)c(N)c2)[C@H](OC(C)=O)[C@@H](OC(C)=O)[C@H]1OC(C)=O. The number of carbonyl (C=O) groups is 4. The third-order valence-corrected chi connectivity index (χ3v) is 7.86. The van der Waals surface area contributed by atoms with Crippen LogP contribution in [0.3, 0.4) is 0 Å². The molecular weight excluding hydrogens is 555 g/mol. The number of anilines is 1. The van der Waals surface area contributed by atoms with Crippen molar-refractivity contribution < 1.29 is 51.3 Å². The third kappa shape index (κ3) is 8.18. The van der Waals surface area contributed by atoms with E-state index in [4.69, 9.17) is 34.6 Å². The minimum atomic E-state index is -4.05. The second-order valence-electron chi connectivity index (χ2n) is 7.43. The van der Waals surface area contributed by atoms with Gasteiger partial charge >= 0.3 is 208 Å². The van der Waals surface area contributed by atoms with Gasteiger partial charge in [-0.2, -0.15) is 0 Å². The van der Waals surface area contributed by atoms with Crippen LogP contribution in [0.1, 0.15) is 27.7 Å². The summed E-state index contributed by atoms with van der Waals surface area (Å²) in [5.74, 6) is -2.83. The minimum absolute atomic E-state index is 0.0995. The predicted molar refractivity (Wildman–Crippen MR) is 120 cm³/mol. The van der Waals surface area contributed by atoms with E-state index in [1.807, 2.05) is 0 Å². The van der Waals surface area contributed by atoms with Gasteiger partial charge in [-0.25, -0.2) is 0 Å². The first-order valence-corrected chi connectivity index (χ1v) is 13.5. The van der Waals surface area contributed by atoms with Crippen molar-refractivity contribution in [3.63, 3.8) is 0 Å². The molecule has 0 spiro atoms. The molecule has 13 nitrogen and oxygen atoms in total. The summed E-state index contributed by atoms with van der Waals surface area (Å²) in [4.78, 5) is 46.7. The Bertz CT molecular complexity index is 1090. The van der Waals surface area contributed by atoms with Gasteiger partial charge in [0.2, 0.25) is 0 Å². The van der Waals surface area contributed by atoms with Crippen molar-refractivity contribution in [3.8, 4) is 0 Å². The molecule has 1 aromatic carbocycles. The molecule has 0 amide bonds. The number of hydrogen-bond donors (Lipinski definition) is 2. The number of hydrogen-bond acceptors (Lipinski definition) is 12. The van der Waals surface area contributed by atoms with Crippen molar-refractivity contribution in [1.29, 1.82) is 0 Å². The third-order valence-electron chi connectivity index (χ3n) is 4.49. The van der Waals surface area contributed by atoms with Gasteiger partial charge < -0.3 is 0 Å². The average molecular weight is 581 g/mol. The molecule has 1 aliphatic rings. The molecule has 35 heavy (non-hydrogen) atoms. The van der Waals surface area contributed by atoms with Crippen LogP contribution in [0.25, 0.3) is 0 Å². The van der Waals surface area contributed by atoms with Gasteiger partial charge in [0, 0.05) is 0 Å². The van der Waals surface area contributed by atoms with E-state index in [1.54, 1.807) is 0 Å². The standard InChI is InChI=1S/C20H26N2O11SSe/c1-9(23)29-8-15-17(30-10(2)24)18(31-11(3)25)19(32-12(4)26)20(33-15)35-13-5-6-16(14(21)7-13)34(22,27)28/h5-7,15,17-20H,8,21H2,1-4H3,(H2,22,27,28)/t15-,17+,18+,19-,20+/m1/s1.